The Morgan fingerprint density at radius 2 is 1.47 bits per heavy atom. The van der Waals surface area contributed by atoms with Gasteiger partial charge in [0.2, 0.25) is 0 Å². The first-order valence-electron chi connectivity index (χ1n) is 5.95. The number of carbonyl (C=O) groups excluding carboxylic acids is 1. The molecule has 1 heteroatoms. The van der Waals surface area contributed by atoms with E-state index in [0.717, 1.165) is 32.1 Å². The van der Waals surface area contributed by atoms with Crippen LogP contribution in [-0.4, -0.2) is 5.78 Å². The number of carbonyl (C=O) groups is 1. The fourth-order valence-electron chi connectivity index (χ4n) is 1.92. The van der Waals surface area contributed by atoms with Gasteiger partial charge in [0.05, 0.1) is 0 Å². The molecule has 2 rings (SSSR count). The van der Waals surface area contributed by atoms with Crippen LogP contribution in [0.25, 0.3) is 0 Å². The molecule has 1 aliphatic carbocycles. The fraction of sp³-hybridized carbons (Fsp3) is 0.500. The van der Waals surface area contributed by atoms with E-state index in [1.54, 1.807) is 0 Å². The van der Waals surface area contributed by atoms with Gasteiger partial charge in [0.15, 0.2) is 0 Å². The number of hydrogen-bond donors (Lipinski definition) is 0. The van der Waals surface area contributed by atoms with Gasteiger partial charge in [-0.2, -0.15) is 0 Å². The van der Waals surface area contributed by atoms with Crippen LogP contribution in [0.5, 0.6) is 0 Å². The molecule has 0 radical (unpaired) electrons. The summed E-state index contributed by atoms with van der Waals surface area (Å²) in [6, 6.07) is 8.48. The largest absolute Gasteiger partial charge is 0.300 e. The number of ketones is 1. The maximum absolute atomic E-state index is 11.2. The van der Waals surface area contributed by atoms with Crippen molar-refractivity contribution in [3.05, 3.63) is 35.4 Å². The molecule has 0 aliphatic heterocycles. The highest BCUT2D eigenvalue weighted by Gasteiger charge is 2.10. The summed E-state index contributed by atoms with van der Waals surface area (Å²) < 4.78 is 0. The standard InChI is InChI=1S/C12H14O.C2H6/c13-12-7-3-6-10-4-1-2-5-11(10)8-9-12;1-2/h1-2,4-5H,3,6-9H2;1-2H3. The van der Waals surface area contributed by atoms with Gasteiger partial charge in [0.25, 0.3) is 0 Å². The normalized spacial score (nSPS) is 15.5. The molecule has 1 aromatic carbocycles. The van der Waals surface area contributed by atoms with Crippen molar-refractivity contribution < 1.29 is 4.79 Å². The van der Waals surface area contributed by atoms with Crippen molar-refractivity contribution in [3.8, 4) is 0 Å². The van der Waals surface area contributed by atoms with E-state index in [-0.39, 0.29) is 0 Å². The first-order chi connectivity index (χ1) is 7.36. The molecule has 0 spiro atoms. The molecule has 0 aromatic heterocycles. The van der Waals surface area contributed by atoms with Crippen LogP contribution in [-0.2, 0) is 17.6 Å². The summed E-state index contributed by atoms with van der Waals surface area (Å²) >= 11 is 0. The molecular formula is C14H20O. The molecule has 82 valence electrons. The van der Waals surface area contributed by atoms with E-state index < -0.39 is 0 Å². The van der Waals surface area contributed by atoms with Gasteiger partial charge in [0, 0.05) is 12.8 Å². The minimum absolute atomic E-state index is 0.425. The van der Waals surface area contributed by atoms with Crippen molar-refractivity contribution in [3.63, 3.8) is 0 Å². The highest BCUT2D eigenvalue weighted by Crippen LogP contribution is 2.17. The van der Waals surface area contributed by atoms with Crippen molar-refractivity contribution in [1.29, 1.82) is 0 Å². The van der Waals surface area contributed by atoms with Crippen LogP contribution in [0, 0.1) is 0 Å². The van der Waals surface area contributed by atoms with Crippen molar-refractivity contribution in [2.75, 3.05) is 0 Å². The van der Waals surface area contributed by atoms with Gasteiger partial charge in [-0.1, -0.05) is 38.1 Å². The summed E-state index contributed by atoms with van der Waals surface area (Å²) in [6.07, 6.45) is 4.54. The lowest BCUT2D eigenvalue weighted by atomic mass is 9.93. The molecule has 15 heavy (non-hydrogen) atoms. The molecule has 0 amide bonds. The van der Waals surface area contributed by atoms with Crippen molar-refractivity contribution in [1.82, 2.24) is 0 Å². The summed E-state index contributed by atoms with van der Waals surface area (Å²) in [5, 5.41) is 0. The minimum atomic E-state index is 0.425. The molecule has 0 N–H and O–H groups in total. The zero-order valence-corrected chi connectivity index (χ0v) is 9.75. The van der Waals surface area contributed by atoms with Gasteiger partial charge >= 0.3 is 0 Å². The average molecular weight is 204 g/mol. The maximum atomic E-state index is 11.2. The van der Waals surface area contributed by atoms with Crippen LogP contribution in [0.2, 0.25) is 0 Å². The van der Waals surface area contributed by atoms with Gasteiger partial charge < -0.3 is 0 Å². The SMILES string of the molecule is CC.O=C1CCCc2ccccc2CC1. The fourth-order valence-corrected chi connectivity index (χ4v) is 1.92. The number of rotatable bonds is 0. The Balaban J connectivity index is 0.000000531. The molecule has 0 heterocycles. The second kappa shape index (κ2) is 6.39. The van der Waals surface area contributed by atoms with Crippen molar-refractivity contribution in [2.24, 2.45) is 0 Å². The summed E-state index contributed by atoms with van der Waals surface area (Å²) in [5.41, 5.74) is 2.81. The summed E-state index contributed by atoms with van der Waals surface area (Å²) in [7, 11) is 0. The van der Waals surface area contributed by atoms with Crippen LogP contribution in [0.4, 0.5) is 0 Å². The first kappa shape index (κ1) is 12.0. The number of hydrogen-bond acceptors (Lipinski definition) is 1. The quantitative estimate of drug-likeness (QED) is 0.631. The molecule has 0 saturated heterocycles. The van der Waals surface area contributed by atoms with Gasteiger partial charge in [-0.3, -0.25) is 4.79 Å². The third-order valence-electron chi connectivity index (χ3n) is 2.69. The summed E-state index contributed by atoms with van der Waals surface area (Å²) in [5.74, 6) is 0.425. The summed E-state index contributed by atoms with van der Waals surface area (Å²) in [4.78, 5) is 11.2. The lowest BCUT2D eigenvalue weighted by Crippen LogP contribution is -2.06. The van der Waals surface area contributed by atoms with E-state index in [1.165, 1.54) is 11.1 Å². The highest BCUT2D eigenvalue weighted by molar-refractivity contribution is 5.78. The molecule has 0 atom stereocenters. The third kappa shape index (κ3) is 3.50. The zero-order chi connectivity index (χ0) is 11.1. The monoisotopic (exact) mass is 204 g/mol. The molecule has 1 nitrogen and oxygen atoms in total. The molecular weight excluding hydrogens is 184 g/mol. The van der Waals surface area contributed by atoms with E-state index in [1.807, 2.05) is 13.8 Å². The lowest BCUT2D eigenvalue weighted by Gasteiger charge is -2.12. The van der Waals surface area contributed by atoms with E-state index >= 15 is 0 Å². The summed E-state index contributed by atoms with van der Waals surface area (Å²) in [6.45, 7) is 4.00. The third-order valence-corrected chi connectivity index (χ3v) is 2.69. The van der Waals surface area contributed by atoms with Crippen LogP contribution >= 0.6 is 0 Å². The second-order valence-corrected chi connectivity index (χ2v) is 3.66. The Morgan fingerprint density at radius 1 is 0.867 bits per heavy atom. The topological polar surface area (TPSA) is 17.1 Å². The number of fused-ring (bicyclic) bond motifs is 1. The second-order valence-electron chi connectivity index (χ2n) is 3.66. The van der Waals surface area contributed by atoms with E-state index in [0.29, 0.717) is 5.78 Å². The van der Waals surface area contributed by atoms with E-state index in [4.69, 9.17) is 0 Å². The predicted molar refractivity (Wildman–Crippen MR) is 64.1 cm³/mol. The predicted octanol–water partition coefficient (Wildman–Crippen LogP) is 3.55. The molecule has 0 bridgehead atoms. The van der Waals surface area contributed by atoms with Gasteiger partial charge in [-0.25, -0.2) is 0 Å². The minimum Gasteiger partial charge on any atom is -0.300 e. The number of benzene rings is 1. The van der Waals surface area contributed by atoms with Crippen molar-refractivity contribution in [2.45, 2.75) is 46.0 Å². The Kier molecular flexibility index (Phi) is 5.09. The Bertz CT molecular complexity index is 315. The van der Waals surface area contributed by atoms with Gasteiger partial charge in [0.1, 0.15) is 5.78 Å². The van der Waals surface area contributed by atoms with Crippen LogP contribution in [0.1, 0.15) is 44.2 Å². The van der Waals surface area contributed by atoms with Gasteiger partial charge in [-0.15, -0.1) is 0 Å². The van der Waals surface area contributed by atoms with Crippen LogP contribution in [0.15, 0.2) is 24.3 Å². The average Bonchev–Trinajstić information content (AvgIpc) is 2.28. The lowest BCUT2D eigenvalue weighted by molar-refractivity contribution is -0.119. The number of aryl methyl sites for hydroxylation is 2. The van der Waals surface area contributed by atoms with Crippen LogP contribution in [0.3, 0.4) is 0 Å². The molecule has 0 unspecified atom stereocenters. The smallest absolute Gasteiger partial charge is 0.133 e. The Morgan fingerprint density at radius 3 is 2.13 bits per heavy atom. The Labute approximate surface area is 92.5 Å². The van der Waals surface area contributed by atoms with E-state index in [2.05, 4.69) is 24.3 Å². The van der Waals surface area contributed by atoms with E-state index in [9.17, 15) is 4.79 Å². The number of Topliss-reactive ketones (excluding diaryl/α,β-unsaturated/α-hetero) is 1. The Hall–Kier alpha value is -1.11. The molecule has 1 aliphatic rings. The first-order valence-corrected chi connectivity index (χ1v) is 5.95. The maximum Gasteiger partial charge on any atom is 0.133 e. The van der Waals surface area contributed by atoms with Gasteiger partial charge in [-0.05, 0) is 30.4 Å². The van der Waals surface area contributed by atoms with Crippen molar-refractivity contribution >= 4 is 5.78 Å². The molecule has 0 fully saturated rings. The molecule has 1 aromatic rings. The highest BCUT2D eigenvalue weighted by atomic mass is 16.1. The zero-order valence-electron chi connectivity index (χ0n) is 9.75. The van der Waals surface area contributed by atoms with Crippen LogP contribution < -0.4 is 0 Å². The molecule has 0 saturated carbocycles.